The normalized spacial score (nSPS) is 12.7. The van der Waals surface area contributed by atoms with Gasteiger partial charge in [-0.15, -0.1) is 0 Å². The van der Waals surface area contributed by atoms with Crippen LogP contribution >= 0.6 is 0 Å². The summed E-state index contributed by atoms with van der Waals surface area (Å²) in [6.07, 6.45) is -4.02. The molecule has 27 heavy (non-hydrogen) atoms. The summed E-state index contributed by atoms with van der Waals surface area (Å²) in [6.45, 7) is 5.39. The minimum atomic E-state index is -4.89. The maximum Gasteiger partial charge on any atom is 0.436 e. The summed E-state index contributed by atoms with van der Waals surface area (Å²) in [4.78, 5) is 3.45. The first-order valence-electron chi connectivity index (χ1n) is 7.46. The Morgan fingerprint density at radius 3 is 2.33 bits per heavy atom. The van der Waals surface area contributed by atoms with Gasteiger partial charge in [0.05, 0.1) is 6.61 Å². The van der Waals surface area contributed by atoms with E-state index in [9.17, 15) is 26.9 Å². The van der Waals surface area contributed by atoms with Crippen molar-refractivity contribution in [3.8, 4) is 17.8 Å². The molecule has 2 aromatic rings. The van der Waals surface area contributed by atoms with Crippen LogP contribution in [-0.4, -0.2) is 29.8 Å². The third-order valence-corrected chi connectivity index (χ3v) is 4.03. The van der Waals surface area contributed by atoms with Crippen molar-refractivity contribution in [3.63, 3.8) is 0 Å². The van der Waals surface area contributed by atoms with Crippen LogP contribution in [0.3, 0.4) is 0 Å². The highest BCUT2D eigenvalue weighted by Gasteiger charge is 2.41. The van der Waals surface area contributed by atoms with Crippen molar-refractivity contribution in [1.82, 2.24) is 14.8 Å². The largest absolute Gasteiger partial charge is 0.476 e. The van der Waals surface area contributed by atoms with Crippen LogP contribution in [0.25, 0.3) is 5.82 Å². The number of nitriles is 1. The monoisotopic (exact) mass is 403 g/mol. The number of primary sulfonamides is 1. The molecule has 2 rings (SSSR count). The zero-order chi connectivity index (χ0) is 20.6. The zero-order valence-electron chi connectivity index (χ0n) is 14.6. The van der Waals surface area contributed by atoms with E-state index in [1.165, 1.54) is 6.07 Å². The lowest BCUT2D eigenvalue weighted by Crippen LogP contribution is -2.19. The number of halogens is 3. The quantitative estimate of drug-likeness (QED) is 0.835. The first-order valence-corrected chi connectivity index (χ1v) is 9.01. The van der Waals surface area contributed by atoms with Crippen molar-refractivity contribution in [1.29, 1.82) is 5.26 Å². The van der Waals surface area contributed by atoms with Crippen molar-refractivity contribution in [3.05, 3.63) is 29.6 Å². The molecule has 2 N–H and O–H groups in total. The van der Waals surface area contributed by atoms with Gasteiger partial charge in [0.25, 0.3) is 0 Å². The molecule has 2 aromatic heterocycles. The average Bonchev–Trinajstić information content (AvgIpc) is 2.90. The highest BCUT2D eigenvalue weighted by atomic mass is 32.2. The van der Waals surface area contributed by atoms with E-state index in [4.69, 9.17) is 9.88 Å². The first-order chi connectivity index (χ1) is 12.2. The second-order valence-corrected chi connectivity index (χ2v) is 8.36. The van der Waals surface area contributed by atoms with Gasteiger partial charge in [-0.2, -0.15) is 28.2 Å². The first kappa shape index (κ1) is 20.7. The van der Waals surface area contributed by atoms with Crippen LogP contribution in [0.5, 0.6) is 5.88 Å². The van der Waals surface area contributed by atoms with E-state index in [0.29, 0.717) is 4.68 Å². The number of hydrogen-bond donors (Lipinski definition) is 1. The van der Waals surface area contributed by atoms with E-state index in [2.05, 4.69) is 10.1 Å². The molecule has 0 saturated carbocycles. The second-order valence-electron chi connectivity index (χ2n) is 6.80. The minimum Gasteiger partial charge on any atom is -0.476 e. The van der Waals surface area contributed by atoms with Gasteiger partial charge < -0.3 is 4.74 Å². The van der Waals surface area contributed by atoms with Crippen LogP contribution in [0, 0.1) is 16.7 Å². The number of ether oxygens (including phenoxy) is 1. The Hall–Kier alpha value is -2.65. The molecule has 0 atom stereocenters. The molecular weight excluding hydrogens is 387 g/mol. The Kier molecular flexibility index (Phi) is 5.22. The highest BCUT2D eigenvalue weighted by Crippen LogP contribution is 2.36. The van der Waals surface area contributed by atoms with E-state index >= 15 is 0 Å². The lowest BCUT2D eigenvalue weighted by molar-refractivity contribution is -0.141. The third kappa shape index (κ3) is 4.75. The molecule has 0 spiro atoms. The van der Waals surface area contributed by atoms with Gasteiger partial charge in [-0.3, -0.25) is 0 Å². The molecule has 0 aliphatic carbocycles. The number of nitrogens with two attached hydrogens (primary N) is 1. The van der Waals surface area contributed by atoms with Gasteiger partial charge in [-0.25, -0.2) is 18.5 Å². The Morgan fingerprint density at radius 1 is 1.30 bits per heavy atom. The number of rotatable bonds is 4. The van der Waals surface area contributed by atoms with Crippen LogP contribution < -0.4 is 9.88 Å². The van der Waals surface area contributed by atoms with Crippen molar-refractivity contribution in [2.45, 2.75) is 31.8 Å². The van der Waals surface area contributed by atoms with Gasteiger partial charge in [-0.05, 0) is 17.5 Å². The fourth-order valence-electron chi connectivity index (χ4n) is 1.94. The third-order valence-electron chi connectivity index (χ3n) is 3.13. The Bertz CT molecular complexity index is 984. The highest BCUT2D eigenvalue weighted by molar-refractivity contribution is 7.89. The van der Waals surface area contributed by atoms with Crippen LogP contribution in [0.15, 0.2) is 23.2 Å². The molecular formula is C15H16F3N5O3S. The van der Waals surface area contributed by atoms with Crippen molar-refractivity contribution < 1.29 is 26.3 Å². The van der Waals surface area contributed by atoms with E-state index in [0.717, 1.165) is 18.3 Å². The summed E-state index contributed by atoms with van der Waals surface area (Å²) in [7, 11) is -4.03. The lowest BCUT2D eigenvalue weighted by Gasteiger charge is -2.19. The molecule has 0 unspecified atom stereocenters. The fraction of sp³-hybridized carbons (Fsp3) is 0.400. The summed E-state index contributed by atoms with van der Waals surface area (Å²) >= 11 is 0. The number of pyridine rings is 1. The van der Waals surface area contributed by atoms with Crippen LogP contribution in [0.2, 0.25) is 0 Å². The number of nitrogens with zero attached hydrogens (tertiary/aromatic N) is 4. The van der Waals surface area contributed by atoms with Gasteiger partial charge in [-0.1, -0.05) is 20.8 Å². The number of aromatic nitrogens is 3. The van der Waals surface area contributed by atoms with Crippen LogP contribution in [0.4, 0.5) is 13.2 Å². The average molecular weight is 403 g/mol. The predicted molar refractivity (Wildman–Crippen MR) is 87.4 cm³/mol. The molecule has 0 aromatic carbocycles. The van der Waals surface area contributed by atoms with Crippen molar-refractivity contribution in [2.75, 3.05) is 6.61 Å². The van der Waals surface area contributed by atoms with Crippen LogP contribution in [0.1, 0.15) is 32.0 Å². The smallest absolute Gasteiger partial charge is 0.436 e. The zero-order valence-corrected chi connectivity index (χ0v) is 15.4. The molecule has 146 valence electrons. The molecule has 0 aliphatic heterocycles. The molecule has 0 bridgehead atoms. The van der Waals surface area contributed by atoms with Crippen molar-refractivity contribution in [2.24, 2.45) is 10.6 Å². The van der Waals surface area contributed by atoms with Gasteiger partial charge in [0.1, 0.15) is 16.5 Å². The van der Waals surface area contributed by atoms with Crippen molar-refractivity contribution >= 4 is 10.0 Å². The molecule has 0 aliphatic rings. The molecule has 0 fully saturated rings. The van der Waals surface area contributed by atoms with E-state index in [1.54, 1.807) is 20.8 Å². The summed E-state index contributed by atoms with van der Waals surface area (Å²) in [5.74, 6) is -0.603. The summed E-state index contributed by atoms with van der Waals surface area (Å²) < 4.78 is 68.5. The molecule has 0 amide bonds. The molecule has 0 radical (unpaired) electrons. The van der Waals surface area contributed by atoms with Gasteiger partial charge in [0.2, 0.25) is 15.9 Å². The Balaban J connectivity index is 2.63. The molecule has 2 heterocycles. The molecule has 8 nitrogen and oxygen atoms in total. The fourth-order valence-corrected chi connectivity index (χ4v) is 2.40. The number of hydrogen-bond acceptors (Lipinski definition) is 6. The van der Waals surface area contributed by atoms with Crippen LogP contribution in [-0.2, 0) is 16.2 Å². The van der Waals surface area contributed by atoms with E-state index in [1.807, 2.05) is 0 Å². The van der Waals surface area contributed by atoms with E-state index < -0.39 is 38.8 Å². The van der Waals surface area contributed by atoms with E-state index in [-0.39, 0.29) is 17.3 Å². The SMILES string of the molecule is CC(C)(C)COc1c(C#N)c(C(F)(F)F)nn1-c1ccc(S(N)(=O)=O)cn1. The predicted octanol–water partition coefficient (Wildman–Crippen LogP) is 2.23. The maximum atomic E-state index is 13.2. The lowest BCUT2D eigenvalue weighted by atomic mass is 9.99. The van der Waals surface area contributed by atoms with Gasteiger partial charge >= 0.3 is 6.18 Å². The summed E-state index contributed by atoms with van der Waals surface area (Å²) in [5.41, 5.74) is -2.62. The molecule has 0 saturated heterocycles. The number of sulfonamides is 1. The van der Waals surface area contributed by atoms with Gasteiger partial charge in [0.15, 0.2) is 11.5 Å². The summed E-state index contributed by atoms with van der Waals surface area (Å²) in [5, 5.41) is 17.6. The minimum absolute atomic E-state index is 0.0000662. The molecule has 12 heteroatoms. The topological polar surface area (TPSA) is 124 Å². The Morgan fingerprint density at radius 2 is 1.93 bits per heavy atom. The second kappa shape index (κ2) is 6.82. The summed E-state index contributed by atoms with van der Waals surface area (Å²) in [6, 6.07) is 3.63. The van der Waals surface area contributed by atoms with Gasteiger partial charge in [0, 0.05) is 6.20 Å². The Labute approximate surface area is 153 Å². The standard InChI is InChI=1S/C15H16F3N5O3S/c1-14(2,3)8-26-13-10(6-19)12(15(16,17)18)22-23(13)11-5-4-9(7-21-11)27(20,24)25/h4-5,7H,8H2,1-3H3,(H2,20,24,25). The number of alkyl halides is 3. The maximum absolute atomic E-state index is 13.2.